The number of amides is 2. The molecule has 1 unspecified atom stereocenters. The van der Waals surface area contributed by atoms with Gasteiger partial charge in [-0.25, -0.2) is 0 Å². The first-order valence-electron chi connectivity index (χ1n) is 8.71. The van der Waals surface area contributed by atoms with E-state index in [1.165, 1.54) is 0 Å². The fourth-order valence-corrected chi connectivity index (χ4v) is 2.52. The minimum Gasteiger partial charge on any atom is -0.484 e. The molecule has 1 aliphatic rings. The summed E-state index contributed by atoms with van der Waals surface area (Å²) in [6.45, 7) is 0.345. The summed E-state index contributed by atoms with van der Waals surface area (Å²) in [6, 6.07) is 9.18. The Morgan fingerprint density at radius 2 is 2.00 bits per heavy atom. The van der Waals surface area contributed by atoms with Crippen LogP contribution in [0.25, 0.3) is 11.4 Å². The molecule has 0 aliphatic heterocycles. The smallest absolute Gasteiger partial charge is 0.316 e. The van der Waals surface area contributed by atoms with Crippen molar-refractivity contribution in [2.75, 3.05) is 19.7 Å². The van der Waals surface area contributed by atoms with Crippen LogP contribution in [0.4, 0.5) is 0 Å². The Bertz CT molecular complexity index is 879. The van der Waals surface area contributed by atoms with Crippen molar-refractivity contribution < 1.29 is 18.8 Å². The first-order valence-corrected chi connectivity index (χ1v) is 9.15. The molecule has 8 nitrogen and oxygen atoms in total. The molecule has 1 heterocycles. The second-order valence-corrected chi connectivity index (χ2v) is 6.46. The van der Waals surface area contributed by atoms with Gasteiger partial charge < -0.3 is 19.9 Å². The Balaban J connectivity index is 1.35. The van der Waals surface area contributed by atoms with E-state index in [0.717, 1.165) is 5.56 Å². The maximum Gasteiger partial charge on any atom is 0.316 e. The summed E-state index contributed by atoms with van der Waals surface area (Å²) in [5, 5.41) is 9.00. The van der Waals surface area contributed by atoms with Crippen LogP contribution < -0.4 is 10.6 Å². The van der Waals surface area contributed by atoms with E-state index < -0.39 is 5.91 Å². The van der Waals surface area contributed by atoms with Crippen molar-refractivity contribution >= 4 is 23.4 Å². The SMILES string of the molecule is O=C(COC1=CCC(Cl)C=C1)NCCNC(=O)c1nc(-c2ccccc2)no1. The number of hydrogen-bond donors (Lipinski definition) is 2. The molecule has 9 heteroatoms. The number of rotatable bonds is 8. The summed E-state index contributed by atoms with van der Waals surface area (Å²) in [6.07, 6.45) is 6.05. The van der Waals surface area contributed by atoms with Crippen molar-refractivity contribution in [3.63, 3.8) is 0 Å². The fraction of sp³-hybridized carbons (Fsp3) is 0.263. The van der Waals surface area contributed by atoms with Crippen LogP contribution in [0.1, 0.15) is 17.1 Å². The Labute approximate surface area is 166 Å². The first-order chi connectivity index (χ1) is 13.6. The number of hydrogen-bond acceptors (Lipinski definition) is 6. The number of allylic oxidation sites excluding steroid dienone is 3. The molecule has 146 valence electrons. The third-order valence-electron chi connectivity index (χ3n) is 3.77. The number of nitrogens with one attached hydrogen (secondary N) is 2. The van der Waals surface area contributed by atoms with Gasteiger partial charge in [0, 0.05) is 18.7 Å². The lowest BCUT2D eigenvalue weighted by atomic mass is 10.2. The molecule has 2 aromatic rings. The minimum absolute atomic E-state index is 0.0348. The van der Waals surface area contributed by atoms with E-state index in [0.29, 0.717) is 18.0 Å². The number of halogens is 1. The summed E-state index contributed by atoms with van der Waals surface area (Å²) in [5.74, 6) is 0.0184. The second-order valence-electron chi connectivity index (χ2n) is 5.90. The normalized spacial score (nSPS) is 15.6. The zero-order valence-corrected chi connectivity index (χ0v) is 15.7. The van der Waals surface area contributed by atoms with Crippen LogP contribution in [0.15, 0.2) is 58.8 Å². The van der Waals surface area contributed by atoms with E-state index in [4.69, 9.17) is 20.9 Å². The molecule has 0 saturated heterocycles. The topological polar surface area (TPSA) is 106 Å². The van der Waals surface area contributed by atoms with Gasteiger partial charge in [-0.15, -0.1) is 11.6 Å². The molecule has 1 aromatic carbocycles. The number of nitrogens with zero attached hydrogens (tertiary/aromatic N) is 2. The molecular formula is C19H19ClN4O4. The zero-order chi connectivity index (χ0) is 19.8. The molecule has 0 fully saturated rings. The number of aromatic nitrogens is 2. The molecule has 0 radical (unpaired) electrons. The number of alkyl halides is 1. The molecule has 1 atom stereocenters. The number of carbonyl (C=O) groups excluding carboxylic acids is 2. The summed E-state index contributed by atoms with van der Waals surface area (Å²) in [7, 11) is 0. The molecule has 28 heavy (non-hydrogen) atoms. The lowest BCUT2D eigenvalue weighted by Crippen LogP contribution is -2.36. The number of carbonyl (C=O) groups is 2. The van der Waals surface area contributed by atoms with Gasteiger partial charge in [0.2, 0.25) is 5.82 Å². The van der Waals surface area contributed by atoms with Crippen LogP contribution in [-0.4, -0.2) is 47.0 Å². The Morgan fingerprint density at radius 1 is 1.21 bits per heavy atom. The summed E-state index contributed by atoms with van der Waals surface area (Å²) >= 11 is 5.92. The highest BCUT2D eigenvalue weighted by molar-refractivity contribution is 6.22. The number of benzene rings is 1. The highest BCUT2D eigenvalue weighted by Crippen LogP contribution is 2.16. The zero-order valence-electron chi connectivity index (χ0n) is 14.9. The second kappa shape index (κ2) is 9.70. The lowest BCUT2D eigenvalue weighted by molar-refractivity contribution is -0.124. The predicted molar refractivity (Wildman–Crippen MR) is 103 cm³/mol. The fourth-order valence-electron chi connectivity index (χ4n) is 2.36. The van der Waals surface area contributed by atoms with Crippen LogP contribution in [0, 0.1) is 0 Å². The average Bonchev–Trinajstić information content (AvgIpc) is 3.22. The quantitative estimate of drug-likeness (QED) is 0.517. The minimum atomic E-state index is -0.506. The molecule has 2 N–H and O–H groups in total. The van der Waals surface area contributed by atoms with Gasteiger partial charge in [-0.3, -0.25) is 9.59 Å². The predicted octanol–water partition coefficient (Wildman–Crippen LogP) is 2.05. The van der Waals surface area contributed by atoms with Gasteiger partial charge in [-0.05, 0) is 18.6 Å². The van der Waals surface area contributed by atoms with Gasteiger partial charge in [-0.2, -0.15) is 4.98 Å². The van der Waals surface area contributed by atoms with E-state index in [9.17, 15) is 9.59 Å². The van der Waals surface area contributed by atoms with Gasteiger partial charge in [0.25, 0.3) is 5.91 Å². The van der Waals surface area contributed by atoms with E-state index in [1.54, 1.807) is 6.08 Å². The molecule has 0 saturated carbocycles. The molecular weight excluding hydrogens is 384 g/mol. The maximum absolute atomic E-state index is 12.0. The average molecular weight is 403 g/mol. The largest absolute Gasteiger partial charge is 0.484 e. The third-order valence-corrected chi connectivity index (χ3v) is 4.09. The van der Waals surface area contributed by atoms with E-state index >= 15 is 0 Å². The molecule has 0 spiro atoms. The highest BCUT2D eigenvalue weighted by atomic mass is 35.5. The Kier molecular flexibility index (Phi) is 6.80. The Hall–Kier alpha value is -3.13. The summed E-state index contributed by atoms with van der Waals surface area (Å²) < 4.78 is 10.3. The van der Waals surface area contributed by atoms with Crippen LogP contribution in [-0.2, 0) is 9.53 Å². The van der Waals surface area contributed by atoms with Crippen LogP contribution >= 0.6 is 11.6 Å². The van der Waals surface area contributed by atoms with Crippen LogP contribution in [0.3, 0.4) is 0 Å². The molecule has 1 aliphatic carbocycles. The maximum atomic E-state index is 12.0. The van der Waals surface area contributed by atoms with Crippen molar-refractivity contribution in [2.45, 2.75) is 11.8 Å². The van der Waals surface area contributed by atoms with Crippen LogP contribution in [0.5, 0.6) is 0 Å². The van der Waals surface area contributed by atoms with E-state index in [-0.39, 0.29) is 36.9 Å². The van der Waals surface area contributed by atoms with Crippen LogP contribution in [0.2, 0.25) is 0 Å². The van der Waals surface area contributed by atoms with E-state index in [2.05, 4.69) is 20.8 Å². The summed E-state index contributed by atoms with van der Waals surface area (Å²) in [5.41, 5.74) is 0.752. The van der Waals surface area contributed by atoms with Gasteiger partial charge in [-0.1, -0.05) is 41.6 Å². The molecule has 3 rings (SSSR count). The van der Waals surface area contributed by atoms with Gasteiger partial charge in [0.1, 0.15) is 5.76 Å². The first kappa shape index (κ1) is 19.6. The van der Waals surface area contributed by atoms with E-state index in [1.807, 2.05) is 42.5 Å². The van der Waals surface area contributed by atoms with Crippen molar-refractivity contribution in [1.82, 2.24) is 20.8 Å². The standard InChI is InChI=1S/C19H19ClN4O4/c20-14-6-8-15(9-7-14)27-12-16(25)21-10-11-22-18(26)19-23-17(24-28-19)13-4-2-1-3-5-13/h1-6,8-9,14H,7,10-12H2,(H,21,25)(H,22,26). The molecule has 2 amide bonds. The monoisotopic (exact) mass is 402 g/mol. The lowest BCUT2D eigenvalue weighted by Gasteiger charge is -2.12. The Morgan fingerprint density at radius 3 is 2.75 bits per heavy atom. The van der Waals surface area contributed by atoms with Crippen molar-refractivity contribution in [2.24, 2.45) is 0 Å². The third kappa shape index (κ3) is 5.68. The molecule has 0 bridgehead atoms. The van der Waals surface area contributed by atoms with Crippen molar-refractivity contribution in [1.29, 1.82) is 0 Å². The van der Waals surface area contributed by atoms with Crippen molar-refractivity contribution in [3.8, 4) is 11.4 Å². The van der Waals surface area contributed by atoms with Gasteiger partial charge in [0.15, 0.2) is 6.61 Å². The molecule has 1 aromatic heterocycles. The van der Waals surface area contributed by atoms with Gasteiger partial charge >= 0.3 is 11.8 Å². The highest BCUT2D eigenvalue weighted by Gasteiger charge is 2.15. The van der Waals surface area contributed by atoms with Crippen molar-refractivity contribution in [3.05, 3.63) is 60.2 Å². The number of ether oxygens (including phenoxy) is 1. The summed E-state index contributed by atoms with van der Waals surface area (Å²) in [4.78, 5) is 27.8. The van der Waals surface area contributed by atoms with Gasteiger partial charge in [0.05, 0.1) is 5.38 Å².